The first kappa shape index (κ1) is 21.1. The number of sulfone groups is 1. The monoisotopic (exact) mass is 409 g/mol. The van der Waals surface area contributed by atoms with Gasteiger partial charge in [0.25, 0.3) is 0 Å². The molecule has 1 aromatic rings. The van der Waals surface area contributed by atoms with Gasteiger partial charge in [-0.1, -0.05) is 30.3 Å². The zero-order chi connectivity index (χ0) is 20.0. The molecule has 2 N–H and O–H groups in total. The van der Waals surface area contributed by atoms with Gasteiger partial charge in [0.05, 0.1) is 17.6 Å². The first-order valence-corrected chi connectivity index (χ1v) is 11.9. The summed E-state index contributed by atoms with van der Waals surface area (Å²) in [6.07, 6.45) is 1.41. The van der Waals surface area contributed by atoms with Crippen LogP contribution in [0.2, 0.25) is 0 Å². The van der Waals surface area contributed by atoms with Gasteiger partial charge < -0.3 is 15.4 Å². The van der Waals surface area contributed by atoms with Crippen LogP contribution in [0.5, 0.6) is 0 Å². The van der Waals surface area contributed by atoms with E-state index in [9.17, 15) is 13.2 Å². The number of carbonyl (C=O) groups excluding carboxylic acids is 1. The van der Waals surface area contributed by atoms with Gasteiger partial charge in [0, 0.05) is 44.7 Å². The summed E-state index contributed by atoms with van der Waals surface area (Å²) in [4.78, 5) is 14.6. The topological polar surface area (TPSA) is 87.7 Å². The Kier molecular flexibility index (Phi) is 7.31. The van der Waals surface area contributed by atoms with Crippen LogP contribution in [0.4, 0.5) is 4.79 Å². The molecule has 8 heteroatoms. The summed E-state index contributed by atoms with van der Waals surface area (Å²) in [5.41, 5.74) is 1.27. The van der Waals surface area contributed by atoms with Crippen molar-refractivity contribution in [1.82, 2.24) is 15.5 Å². The lowest BCUT2D eigenvalue weighted by atomic mass is 10.1. The molecule has 1 aromatic carbocycles. The predicted molar refractivity (Wildman–Crippen MR) is 109 cm³/mol. The highest BCUT2D eigenvalue weighted by Gasteiger charge is 2.33. The quantitative estimate of drug-likeness (QED) is 0.711. The zero-order valence-corrected chi connectivity index (χ0v) is 17.3. The Morgan fingerprint density at radius 2 is 2.04 bits per heavy atom. The van der Waals surface area contributed by atoms with Crippen LogP contribution < -0.4 is 10.6 Å². The molecule has 2 aliphatic rings. The van der Waals surface area contributed by atoms with Crippen LogP contribution in [0.15, 0.2) is 30.3 Å². The number of hydrogen-bond donors (Lipinski definition) is 2. The van der Waals surface area contributed by atoms with Crippen molar-refractivity contribution in [3.8, 4) is 0 Å². The predicted octanol–water partition coefficient (Wildman–Crippen LogP) is 1.40. The van der Waals surface area contributed by atoms with Gasteiger partial charge in [0.2, 0.25) is 0 Å². The van der Waals surface area contributed by atoms with E-state index in [1.165, 1.54) is 5.56 Å². The van der Waals surface area contributed by atoms with Crippen molar-refractivity contribution in [2.24, 2.45) is 5.92 Å². The third-order valence-corrected chi connectivity index (χ3v) is 7.23. The second-order valence-corrected chi connectivity index (χ2v) is 9.97. The van der Waals surface area contributed by atoms with E-state index in [1.54, 1.807) is 0 Å². The standard InChI is InChI=1S/C20H31N3O4S/c1-2-27-19-14-23(12-16-7-4-3-5-8-16)13-17(19)11-21-20(24)22-18-9-6-10-28(25,26)15-18/h3-5,7-8,17-19H,2,6,9-15H2,1H3,(H2,21,22,24)/t17-,18?,19-/m1/s1. The van der Waals surface area contributed by atoms with Gasteiger partial charge in [-0.15, -0.1) is 0 Å². The smallest absolute Gasteiger partial charge is 0.315 e. The van der Waals surface area contributed by atoms with Crippen molar-refractivity contribution in [3.05, 3.63) is 35.9 Å². The Morgan fingerprint density at radius 3 is 2.75 bits per heavy atom. The number of amides is 2. The average Bonchev–Trinajstić information content (AvgIpc) is 3.02. The minimum Gasteiger partial charge on any atom is -0.377 e. The van der Waals surface area contributed by atoms with E-state index in [4.69, 9.17) is 4.74 Å². The van der Waals surface area contributed by atoms with Crippen LogP contribution in [0.1, 0.15) is 25.3 Å². The molecule has 7 nitrogen and oxygen atoms in total. The highest BCUT2D eigenvalue weighted by atomic mass is 32.2. The van der Waals surface area contributed by atoms with Gasteiger partial charge in [-0.05, 0) is 25.3 Å². The number of rotatable bonds is 7. The second kappa shape index (κ2) is 9.71. The van der Waals surface area contributed by atoms with E-state index in [2.05, 4.69) is 27.7 Å². The Morgan fingerprint density at radius 1 is 1.25 bits per heavy atom. The van der Waals surface area contributed by atoms with Crippen LogP contribution in [0.3, 0.4) is 0 Å². The second-order valence-electron chi connectivity index (χ2n) is 7.74. The van der Waals surface area contributed by atoms with Crippen molar-refractivity contribution in [1.29, 1.82) is 0 Å². The maximum absolute atomic E-state index is 12.2. The Hall–Kier alpha value is -1.64. The number of hydrogen-bond acceptors (Lipinski definition) is 5. The molecule has 2 aliphatic heterocycles. The SMILES string of the molecule is CCO[C@@H]1CN(Cc2ccccc2)C[C@H]1CNC(=O)NC1CCCS(=O)(=O)C1. The number of ether oxygens (including phenoxy) is 1. The molecule has 2 amide bonds. The Balaban J connectivity index is 1.48. The lowest BCUT2D eigenvalue weighted by molar-refractivity contribution is 0.0432. The lowest BCUT2D eigenvalue weighted by Crippen LogP contribution is -2.49. The van der Waals surface area contributed by atoms with E-state index in [-0.39, 0.29) is 35.6 Å². The molecule has 2 fully saturated rings. The molecular formula is C20H31N3O4S. The van der Waals surface area contributed by atoms with E-state index in [1.807, 2.05) is 25.1 Å². The fraction of sp³-hybridized carbons (Fsp3) is 0.650. The zero-order valence-electron chi connectivity index (χ0n) is 16.5. The van der Waals surface area contributed by atoms with E-state index < -0.39 is 9.84 Å². The lowest BCUT2D eigenvalue weighted by Gasteiger charge is -2.24. The summed E-state index contributed by atoms with van der Waals surface area (Å²) >= 11 is 0. The van der Waals surface area contributed by atoms with E-state index >= 15 is 0 Å². The first-order chi connectivity index (χ1) is 13.4. The molecule has 0 aromatic heterocycles. The van der Waals surface area contributed by atoms with Crippen LogP contribution in [0.25, 0.3) is 0 Å². The number of nitrogens with one attached hydrogen (secondary N) is 2. The molecule has 0 bridgehead atoms. The number of carbonyl (C=O) groups is 1. The maximum atomic E-state index is 12.2. The Labute approximate surface area is 167 Å². The van der Waals surface area contributed by atoms with Crippen LogP contribution >= 0.6 is 0 Å². The molecule has 0 aliphatic carbocycles. The summed E-state index contributed by atoms with van der Waals surface area (Å²) in [7, 11) is -3.03. The van der Waals surface area contributed by atoms with Gasteiger partial charge in [0.1, 0.15) is 0 Å². The highest BCUT2D eigenvalue weighted by molar-refractivity contribution is 7.91. The van der Waals surface area contributed by atoms with Crippen molar-refractivity contribution in [3.63, 3.8) is 0 Å². The number of urea groups is 1. The minimum atomic E-state index is -3.03. The van der Waals surface area contributed by atoms with Crippen LogP contribution in [0, 0.1) is 5.92 Å². The summed E-state index contributed by atoms with van der Waals surface area (Å²) in [5, 5.41) is 5.73. The van der Waals surface area contributed by atoms with Crippen molar-refractivity contribution in [2.45, 2.75) is 38.5 Å². The van der Waals surface area contributed by atoms with Crippen molar-refractivity contribution < 1.29 is 17.9 Å². The third kappa shape index (κ3) is 6.18. The van der Waals surface area contributed by atoms with Gasteiger partial charge in [0.15, 0.2) is 9.84 Å². The highest BCUT2D eigenvalue weighted by Crippen LogP contribution is 2.21. The summed E-state index contributed by atoms with van der Waals surface area (Å²) in [6.45, 7) is 5.72. The molecule has 2 saturated heterocycles. The summed E-state index contributed by atoms with van der Waals surface area (Å²) < 4.78 is 29.3. The third-order valence-electron chi connectivity index (χ3n) is 5.41. The molecule has 0 radical (unpaired) electrons. The average molecular weight is 410 g/mol. The van der Waals surface area contributed by atoms with Gasteiger partial charge >= 0.3 is 6.03 Å². The van der Waals surface area contributed by atoms with Crippen molar-refractivity contribution >= 4 is 15.9 Å². The van der Waals surface area contributed by atoms with Gasteiger partial charge in [-0.3, -0.25) is 4.90 Å². The maximum Gasteiger partial charge on any atom is 0.315 e. The molecule has 3 atom stereocenters. The number of benzene rings is 1. The van der Waals surface area contributed by atoms with E-state index in [0.717, 1.165) is 19.6 Å². The summed E-state index contributed by atoms with van der Waals surface area (Å²) in [5.74, 6) is 0.475. The van der Waals surface area contributed by atoms with E-state index in [0.29, 0.717) is 26.0 Å². The Bertz CT molecular complexity index is 741. The molecule has 156 valence electrons. The summed E-state index contributed by atoms with van der Waals surface area (Å²) in [6, 6.07) is 9.75. The van der Waals surface area contributed by atoms with Crippen LogP contribution in [-0.4, -0.2) is 69.2 Å². The molecular weight excluding hydrogens is 378 g/mol. The molecule has 0 saturated carbocycles. The van der Waals surface area contributed by atoms with Crippen LogP contribution in [-0.2, 0) is 21.1 Å². The first-order valence-electron chi connectivity index (χ1n) is 10.1. The molecule has 0 spiro atoms. The van der Waals surface area contributed by atoms with Crippen molar-refractivity contribution in [2.75, 3.05) is 37.7 Å². The largest absolute Gasteiger partial charge is 0.377 e. The molecule has 28 heavy (non-hydrogen) atoms. The fourth-order valence-corrected chi connectivity index (χ4v) is 5.73. The molecule has 1 unspecified atom stereocenters. The van der Waals surface area contributed by atoms with Gasteiger partial charge in [-0.25, -0.2) is 13.2 Å². The minimum absolute atomic E-state index is 0.0380. The molecule has 2 heterocycles. The molecule has 3 rings (SSSR count). The normalized spacial score (nSPS) is 27.4. The fourth-order valence-electron chi connectivity index (χ4n) is 4.09. The number of likely N-dealkylation sites (tertiary alicyclic amines) is 1. The number of nitrogens with zero attached hydrogens (tertiary/aromatic N) is 1. The van der Waals surface area contributed by atoms with Gasteiger partial charge in [-0.2, -0.15) is 0 Å².